The molecule has 0 saturated carbocycles. The highest BCUT2D eigenvalue weighted by Gasteiger charge is 2.39. The van der Waals surface area contributed by atoms with E-state index in [0.29, 0.717) is 51.2 Å². The van der Waals surface area contributed by atoms with E-state index in [1.165, 1.54) is 21.3 Å². The second-order valence-electron chi connectivity index (χ2n) is 9.60. The van der Waals surface area contributed by atoms with Gasteiger partial charge in [-0.05, 0) is 48.5 Å². The van der Waals surface area contributed by atoms with E-state index in [-0.39, 0.29) is 30.5 Å². The van der Waals surface area contributed by atoms with Crippen molar-refractivity contribution in [3.05, 3.63) is 107 Å². The van der Waals surface area contributed by atoms with Gasteiger partial charge in [-0.3, -0.25) is 14.6 Å². The summed E-state index contributed by atoms with van der Waals surface area (Å²) in [7, 11) is 4.55. The van der Waals surface area contributed by atoms with Gasteiger partial charge in [-0.15, -0.1) is 0 Å². The lowest BCUT2D eigenvalue weighted by Crippen LogP contribution is -2.22. The maximum atomic E-state index is 13.6. The first kappa shape index (κ1) is 26.9. The fourth-order valence-electron chi connectivity index (χ4n) is 5.29. The van der Waals surface area contributed by atoms with Crippen molar-refractivity contribution in [1.29, 1.82) is 0 Å². The van der Waals surface area contributed by atoms with Gasteiger partial charge in [-0.1, -0.05) is 24.3 Å². The molecule has 212 valence electrons. The van der Waals surface area contributed by atoms with Gasteiger partial charge in [-0.2, -0.15) is 0 Å². The molecular formula is C33H27NO8. The average Bonchev–Trinajstić information content (AvgIpc) is 3.34. The molecule has 2 aliphatic rings. The number of para-hydroxylation sites is 1. The van der Waals surface area contributed by atoms with Crippen molar-refractivity contribution in [3.63, 3.8) is 0 Å². The van der Waals surface area contributed by atoms with Crippen LogP contribution in [0.1, 0.15) is 45.1 Å². The van der Waals surface area contributed by atoms with E-state index < -0.39 is 5.92 Å². The number of rotatable bonds is 8. The van der Waals surface area contributed by atoms with E-state index in [9.17, 15) is 9.59 Å². The molecule has 1 atom stereocenters. The van der Waals surface area contributed by atoms with E-state index in [0.717, 1.165) is 11.3 Å². The molecule has 4 aromatic rings. The largest absolute Gasteiger partial charge is 0.493 e. The molecule has 42 heavy (non-hydrogen) atoms. The third-order valence-electron chi connectivity index (χ3n) is 7.20. The number of ether oxygens (including phenoxy) is 6. The topological polar surface area (TPSA) is 102 Å². The molecule has 0 amide bonds. The Bertz CT molecular complexity index is 1710. The fourth-order valence-corrected chi connectivity index (χ4v) is 5.29. The summed E-state index contributed by atoms with van der Waals surface area (Å²) < 4.78 is 34.5. The first-order valence-electron chi connectivity index (χ1n) is 13.2. The Morgan fingerprint density at radius 2 is 1.67 bits per heavy atom. The monoisotopic (exact) mass is 565 g/mol. The lowest BCUT2D eigenvalue weighted by Gasteiger charge is -2.27. The standard InChI is InChI=1S/C33H27NO8/c1-37-26-13-11-19(31(38-2)33(26)39-3)16-27-30(36)22-12-14-25-29(32(22)42-27)23(17-28(35)41-25)21-9-4-5-10-24(21)40-18-20-8-6-7-15-34-20/h4-16,23H,17-18H2,1-3H3/b27-16-/t23-/m0/s1. The Balaban J connectivity index is 1.40. The van der Waals surface area contributed by atoms with Crippen LogP contribution in [0.5, 0.6) is 34.5 Å². The van der Waals surface area contributed by atoms with Gasteiger partial charge in [0.15, 0.2) is 17.3 Å². The van der Waals surface area contributed by atoms with Crippen LogP contribution in [0.4, 0.5) is 0 Å². The Labute approximate surface area is 242 Å². The lowest BCUT2D eigenvalue weighted by atomic mass is 9.84. The van der Waals surface area contributed by atoms with Crippen molar-refractivity contribution in [2.24, 2.45) is 0 Å². The number of benzene rings is 3. The van der Waals surface area contributed by atoms with E-state index in [1.54, 1.807) is 36.5 Å². The van der Waals surface area contributed by atoms with Crippen molar-refractivity contribution in [2.45, 2.75) is 18.9 Å². The normalized spacial score (nSPS) is 16.3. The number of nitrogens with zero attached hydrogens (tertiary/aromatic N) is 1. The molecule has 9 heteroatoms. The minimum Gasteiger partial charge on any atom is -0.493 e. The SMILES string of the molecule is COc1ccc(/C=C2\Oc3c(ccc4c3[C@H](c3ccccc3OCc3ccccn3)CC(=O)O4)C2=O)c(OC)c1OC. The first-order chi connectivity index (χ1) is 20.5. The number of aromatic nitrogens is 1. The van der Waals surface area contributed by atoms with Crippen LogP contribution in [0, 0.1) is 0 Å². The van der Waals surface area contributed by atoms with Crippen molar-refractivity contribution >= 4 is 17.8 Å². The number of esters is 1. The highest BCUT2D eigenvalue weighted by Crippen LogP contribution is 2.51. The van der Waals surface area contributed by atoms with Crippen molar-refractivity contribution in [2.75, 3.05) is 21.3 Å². The lowest BCUT2D eigenvalue weighted by molar-refractivity contribution is -0.135. The van der Waals surface area contributed by atoms with Crippen LogP contribution in [0.25, 0.3) is 6.08 Å². The molecular weight excluding hydrogens is 538 g/mol. The third-order valence-corrected chi connectivity index (χ3v) is 7.20. The van der Waals surface area contributed by atoms with E-state index in [4.69, 9.17) is 28.4 Å². The molecule has 1 aromatic heterocycles. The number of methoxy groups -OCH3 is 3. The summed E-state index contributed by atoms with van der Waals surface area (Å²) in [5.74, 6) is 1.49. The predicted octanol–water partition coefficient (Wildman–Crippen LogP) is 5.74. The molecule has 0 saturated heterocycles. The van der Waals surface area contributed by atoms with Crippen LogP contribution in [-0.4, -0.2) is 38.1 Å². The highest BCUT2D eigenvalue weighted by atomic mass is 16.5. The summed E-state index contributed by atoms with van der Waals surface area (Å²) in [4.78, 5) is 30.6. The minimum absolute atomic E-state index is 0.0491. The Morgan fingerprint density at radius 3 is 2.43 bits per heavy atom. The molecule has 9 nitrogen and oxygen atoms in total. The highest BCUT2D eigenvalue weighted by molar-refractivity contribution is 6.15. The molecule has 0 spiro atoms. The van der Waals surface area contributed by atoms with Crippen molar-refractivity contribution < 1.29 is 38.0 Å². The zero-order valence-corrected chi connectivity index (χ0v) is 23.2. The number of Topliss-reactive ketones (excluding diaryl/α,β-unsaturated/α-hetero) is 1. The molecule has 0 N–H and O–H groups in total. The Kier molecular flexibility index (Phi) is 7.23. The van der Waals surface area contributed by atoms with Crippen LogP contribution in [-0.2, 0) is 11.4 Å². The average molecular weight is 566 g/mol. The number of carbonyl (C=O) groups is 2. The maximum absolute atomic E-state index is 13.6. The number of ketones is 1. The molecule has 0 bridgehead atoms. The van der Waals surface area contributed by atoms with Crippen LogP contribution in [0.15, 0.2) is 78.7 Å². The number of hydrogen-bond donors (Lipinski definition) is 0. The summed E-state index contributed by atoms with van der Waals surface area (Å²) in [6, 6.07) is 19.8. The zero-order chi connectivity index (χ0) is 29.2. The Hall–Kier alpha value is -5.31. The van der Waals surface area contributed by atoms with Crippen LogP contribution >= 0.6 is 0 Å². The quantitative estimate of drug-likeness (QED) is 0.150. The molecule has 2 aliphatic heterocycles. The Morgan fingerprint density at radius 1 is 0.857 bits per heavy atom. The number of fused-ring (bicyclic) bond motifs is 3. The molecule has 6 rings (SSSR count). The summed E-state index contributed by atoms with van der Waals surface area (Å²) in [6.45, 7) is 0.254. The molecule has 3 heterocycles. The predicted molar refractivity (Wildman–Crippen MR) is 153 cm³/mol. The summed E-state index contributed by atoms with van der Waals surface area (Å²) >= 11 is 0. The summed E-state index contributed by atoms with van der Waals surface area (Å²) in [5, 5.41) is 0. The van der Waals surface area contributed by atoms with Crippen LogP contribution in [0.3, 0.4) is 0 Å². The van der Waals surface area contributed by atoms with Crippen LogP contribution in [0.2, 0.25) is 0 Å². The van der Waals surface area contributed by atoms with E-state index >= 15 is 0 Å². The zero-order valence-electron chi connectivity index (χ0n) is 23.2. The van der Waals surface area contributed by atoms with Gasteiger partial charge in [0.1, 0.15) is 23.9 Å². The van der Waals surface area contributed by atoms with Gasteiger partial charge in [0.25, 0.3) is 0 Å². The molecule has 0 radical (unpaired) electrons. The van der Waals surface area contributed by atoms with Crippen molar-refractivity contribution in [3.8, 4) is 34.5 Å². The molecule has 0 unspecified atom stereocenters. The number of hydrogen-bond acceptors (Lipinski definition) is 9. The van der Waals surface area contributed by atoms with Crippen LogP contribution < -0.4 is 28.4 Å². The smallest absolute Gasteiger partial charge is 0.312 e. The maximum Gasteiger partial charge on any atom is 0.312 e. The van der Waals surface area contributed by atoms with Gasteiger partial charge in [0.2, 0.25) is 11.5 Å². The third kappa shape index (κ3) is 4.79. The van der Waals surface area contributed by atoms with Gasteiger partial charge < -0.3 is 28.4 Å². The summed E-state index contributed by atoms with van der Waals surface area (Å²) in [5.41, 5.74) is 3.09. The van der Waals surface area contributed by atoms with E-state index in [2.05, 4.69) is 4.98 Å². The summed E-state index contributed by atoms with van der Waals surface area (Å²) in [6.07, 6.45) is 3.36. The second-order valence-corrected chi connectivity index (χ2v) is 9.60. The first-order valence-corrected chi connectivity index (χ1v) is 13.2. The van der Waals surface area contributed by atoms with Crippen molar-refractivity contribution in [1.82, 2.24) is 4.98 Å². The number of pyridine rings is 1. The number of carbonyl (C=O) groups excluding carboxylic acids is 2. The number of allylic oxidation sites excluding steroid dienone is 1. The second kappa shape index (κ2) is 11.3. The molecule has 3 aromatic carbocycles. The van der Waals surface area contributed by atoms with Gasteiger partial charge >= 0.3 is 5.97 Å². The van der Waals surface area contributed by atoms with Gasteiger partial charge in [-0.25, -0.2) is 0 Å². The van der Waals surface area contributed by atoms with E-state index in [1.807, 2.05) is 42.5 Å². The van der Waals surface area contributed by atoms with Gasteiger partial charge in [0.05, 0.1) is 39.0 Å². The molecule has 0 fully saturated rings. The molecule has 0 aliphatic carbocycles. The fraction of sp³-hybridized carbons (Fsp3) is 0.182. The van der Waals surface area contributed by atoms with Gasteiger partial charge in [0, 0.05) is 28.8 Å². The minimum atomic E-state index is -0.473.